The van der Waals surface area contributed by atoms with Crippen LogP contribution in [0.1, 0.15) is 19.8 Å². The second-order valence-electron chi connectivity index (χ2n) is 5.19. The van der Waals surface area contributed by atoms with Gasteiger partial charge in [0.2, 0.25) is 5.91 Å². The lowest BCUT2D eigenvalue weighted by atomic mass is 9.94. The molecule has 0 aromatic heterocycles. The number of rotatable bonds is 4. The number of ether oxygens (including phenoxy) is 2. The minimum Gasteiger partial charge on any atom is -0.497 e. The molecule has 1 heterocycles. The second-order valence-corrected chi connectivity index (χ2v) is 5.19. The van der Waals surface area contributed by atoms with Gasteiger partial charge >= 0.3 is 0 Å². The van der Waals surface area contributed by atoms with Crippen LogP contribution in [0.25, 0.3) is 0 Å². The Balaban J connectivity index is 2.10. The lowest BCUT2D eigenvalue weighted by molar-refractivity contribution is -0.119. The van der Waals surface area contributed by atoms with Crippen molar-refractivity contribution in [1.29, 1.82) is 0 Å². The minimum atomic E-state index is -0.144. The van der Waals surface area contributed by atoms with Crippen LogP contribution in [0.2, 0.25) is 0 Å². The molecular formula is C15H22N2O3. The number of benzene rings is 1. The van der Waals surface area contributed by atoms with Gasteiger partial charge in [0.05, 0.1) is 25.9 Å². The van der Waals surface area contributed by atoms with Gasteiger partial charge in [-0.05, 0) is 37.4 Å². The van der Waals surface area contributed by atoms with Crippen LogP contribution >= 0.6 is 0 Å². The summed E-state index contributed by atoms with van der Waals surface area (Å²) in [5.41, 5.74) is 0.636. The SMILES string of the molecule is COc1ccc(OC)c(NC(=O)C2CC(C)CCN2)c1. The van der Waals surface area contributed by atoms with Crippen molar-refractivity contribution in [2.24, 2.45) is 5.92 Å². The van der Waals surface area contributed by atoms with Crippen molar-refractivity contribution in [3.05, 3.63) is 18.2 Å². The maximum Gasteiger partial charge on any atom is 0.241 e. The van der Waals surface area contributed by atoms with E-state index in [1.165, 1.54) is 0 Å². The Hall–Kier alpha value is -1.75. The molecule has 0 aliphatic carbocycles. The van der Waals surface area contributed by atoms with Gasteiger partial charge in [-0.1, -0.05) is 6.92 Å². The normalized spacial score (nSPS) is 22.1. The third-order valence-corrected chi connectivity index (χ3v) is 3.65. The molecule has 0 radical (unpaired) electrons. The molecule has 0 saturated carbocycles. The third-order valence-electron chi connectivity index (χ3n) is 3.65. The fourth-order valence-corrected chi connectivity index (χ4v) is 2.44. The fraction of sp³-hybridized carbons (Fsp3) is 0.533. The first-order chi connectivity index (χ1) is 9.63. The van der Waals surface area contributed by atoms with E-state index in [2.05, 4.69) is 17.6 Å². The highest BCUT2D eigenvalue weighted by Crippen LogP contribution is 2.29. The fourth-order valence-electron chi connectivity index (χ4n) is 2.44. The molecular weight excluding hydrogens is 256 g/mol. The lowest BCUT2D eigenvalue weighted by Gasteiger charge is -2.27. The summed E-state index contributed by atoms with van der Waals surface area (Å²) >= 11 is 0. The van der Waals surface area contributed by atoms with Crippen LogP contribution in [0.5, 0.6) is 11.5 Å². The van der Waals surface area contributed by atoms with Crippen LogP contribution in [-0.4, -0.2) is 32.7 Å². The number of hydrogen-bond donors (Lipinski definition) is 2. The van der Waals surface area contributed by atoms with Crippen LogP contribution in [0.4, 0.5) is 5.69 Å². The monoisotopic (exact) mass is 278 g/mol. The van der Waals surface area contributed by atoms with Crippen molar-refractivity contribution in [1.82, 2.24) is 5.32 Å². The summed E-state index contributed by atoms with van der Waals surface area (Å²) in [4.78, 5) is 12.3. The molecule has 1 aliphatic rings. The Kier molecular flexibility index (Phi) is 4.84. The number of piperidine rings is 1. The number of anilines is 1. The van der Waals surface area contributed by atoms with Crippen LogP contribution in [0.15, 0.2) is 18.2 Å². The number of hydrogen-bond acceptors (Lipinski definition) is 4. The van der Waals surface area contributed by atoms with Crippen molar-refractivity contribution >= 4 is 11.6 Å². The van der Waals surface area contributed by atoms with Gasteiger partial charge < -0.3 is 20.1 Å². The number of carbonyl (C=O) groups excluding carboxylic acids is 1. The van der Waals surface area contributed by atoms with Gasteiger partial charge in [-0.3, -0.25) is 4.79 Å². The van der Waals surface area contributed by atoms with Gasteiger partial charge in [-0.2, -0.15) is 0 Å². The van der Waals surface area contributed by atoms with E-state index in [4.69, 9.17) is 9.47 Å². The zero-order chi connectivity index (χ0) is 14.5. The maximum atomic E-state index is 12.3. The largest absolute Gasteiger partial charge is 0.497 e. The Morgan fingerprint density at radius 1 is 1.35 bits per heavy atom. The van der Waals surface area contributed by atoms with Gasteiger partial charge in [0, 0.05) is 6.07 Å². The quantitative estimate of drug-likeness (QED) is 0.884. The van der Waals surface area contributed by atoms with Gasteiger partial charge in [-0.15, -0.1) is 0 Å². The molecule has 1 aromatic rings. The minimum absolute atomic E-state index is 0.0249. The molecule has 2 unspecified atom stereocenters. The summed E-state index contributed by atoms with van der Waals surface area (Å²) in [5, 5.41) is 6.17. The highest BCUT2D eigenvalue weighted by atomic mass is 16.5. The first-order valence-corrected chi connectivity index (χ1v) is 6.90. The summed E-state index contributed by atoms with van der Waals surface area (Å²) in [6, 6.07) is 5.21. The van der Waals surface area contributed by atoms with Crippen molar-refractivity contribution in [3.8, 4) is 11.5 Å². The summed E-state index contributed by atoms with van der Waals surface area (Å²) in [6.07, 6.45) is 1.98. The van der Waals surface area contributed by atoms with E-state index in [0.717, 1.165) is 19.4 Å². The molecule has 110 valence electrons. The van der Waals surface area contributed by atoms with E-state index in [-0.39, 0.29) is 11.9 Å². The molecule has 1 saturated heterocycles. The van der Waals surface area contributed by atoms with E-state index in [1.54, 1.807) is 32.4 Å². The highest BCUT2D eigenvalue weighted by molar-refractivity contribution is 5.96. The van der Waals surface area contributed by atoms with Crippen molar-refractivity contribution in [3.63, 3.8) is 0 Å². The van der Waals surface area contributed by atoms with Crippen LogP contribution in [-0.2, 0) is 4.79 Å². The van der Waals surface area contributed by atoms with Gasteiger partial charge in [0.1, 0.15) is 11.5 Å². The summed E-state index contributed by atoms with van der Waals surface area (Å²) in [6.45, 7) is 3.06. The topological polar surface area (TPSA) is 59.6 Å². The van der Waals surface area contributed by atoms with E-state index in [1.807, 2.05) is 0 Å². The molecule has 1 aliphatic heterocycles. The van der Waals surface area contributed by atoms with Crippen molar-refractivity contribution < 1.29 is 14.3 Å². The Morgan fingerprint density at radius 3 is 2.80 bits per heavy atom. The summed E-state index contributed by atoms with van der Waals surface area (Å²) < 4.78 is 10.4. The van der Waals surface area contributed by atoms with E-state index < -0.39 is 0 Å². The Morgan fingerprint density at radius 2 is 2.15 bits per heavy atom. The zero-order valence-corrected chi connectivity index (χ0v) is 12.2. The van der Waals surface area contributed by atoms with Gasteiger partial charge in [-0.25, -0.2) is 0 Å². The number of amides is 1. The molecule has 2 rings (SSSR count). The van der Waals surface area contributed by atoms with E-state index in [9.17, 15) is 4.79 Å². The Labute approximate surface area is 119 Å². The molecule has 2 N–H and O–H groups in total. The Bertz CT molecular complexity index is 476. The van der Waals surface area contributed by atoms with E-state index >= 15 is 0 Å². The molecule has 0 spiro atoms. The van der Waals surface area contributed by atoms with Crippen LogP contribution in [0.3, 0.4) is 0 Å². The summed E-state index contributed by atoms with van der Waals surface area (Å²) in [7, 11) is 3.18. The molecule has 5 nitrogen and oxygen atoms in total. The van der Waals surface area contributed by atoms with Crippen molar-refractivity contribution in [2.75, 3.05) is 26.1 Å². The summed E-state index contributed by atoms with van der Waals surface area (Å²) in [5.74, 6) is 1.86. The number of nitrogens with one attached hydrogen (secondary N) is 2. The third kappa shape index (κ3) is 3.42. The standard InChI is InChI=1S/C15H22N2O3/c1-10-6-7-16-13(8-10)15(18)17-12-9-11(19-2)4-5-14(12)20-3/h4-5,9-10,13,16H,6-8H2,1-3H3,(H,17,18). The average molecular weight is 278 g/mol. The molecule has 1 amide bonds. The van der Waals surface area contributed by atoms with Crippen molar-refractivity contribution in [2.45, 2.75) is 25.8 Å². The molecule has 2 atom stereocenters. The molecule has 1 aromatic carbocycles. The smallest absolute Gasteiger partial charge is 0.241 e. The first kappa shape index (κ1) is 14.7. The van der Waals surface area contributed by atoms with Gasteiger partial charge in [0.15, 0.2) is 0 Å². The highest BCUT2D eigenvalue weighted by Gasteiger charge is 2.25. The maximum absolute atomic E-state index is 12.3. The predicted octanol–water partition coefficient (Wildman–Crippen LogP) is 2.03. The van der Waals surface area contributed by atoms with Crippen LogP contribution < -0.4 is 20.1 Å². The molecule has 1 fully saturated rings. The van der Waals surface area contributed by atoms with E-state index in [0.29, 0.717) is 23.1 Å². The second kappa shape index (κ2) is 6.61. The number of carbonyl (C=O) groups is 1. The predicted molar refractivity (Wildman–Crippen MR) is 78.4 cm³/mol. The number of methoxy groups -OCH3 is 2. The lowest BCUT2D eigenvalue weighted by Crippen LogP contribution is -2.45. The first-order valence-electron chi connectivity index (χ1n) is 6.90. The zero-order valence-electron chi connectivity index (χ0n) is 12.2. The van der Waals surface area contributed by atoms with Crippen LogP contribution in [0, 0.1) is 5.92 Å². The molecule has 0 bridgehead atoms. The average Bonchev–Trinajstić information content (AvgIpc) is 2.47. The molecule has 5 heteroatoms. The molecule has 20 heavy (non-hydrogen) atoms. The van der Waals surface area contributed by atoms with Gasteiger partial charge in [0.25, 0.3) is 0 Å².